The Morgan fingerprint density at radius 3 is 2.87 bits per heavy atom. The Balaban J connectivity index is 2.06. The van der Waals surface area contributed by atoms with Gasteiger partial charge in [-0.2, -0.15) is 0 Å². The van der Waals surface area contributed by atoms with Crippen molar-refractivity contribution in [1.82, 2.24) is 20.2 Å². The highest BCUT2D eigenvalue weighted by Crippen LogP contribution is 1.99. The molecular weight excluding hydrogens is 192 g/mol. The molecule has 0 saturated carbocycles. The third kappa shape index (κ3) is 2.87. The van der Waals surface area contributed by atoms with E-state index in [2.05, 4.69) is 20.2 Å². The topological polar surface area (TPSA) is 61.0 Å². The van der Waals surface area contributed by atoms with Gasteiger partial charge in [0.25, 0.3) is 5.56 Å². The number of aromatic nitrogens is 2. The molecular formula is C10H16N4O. The molecule has 0 aromatic carbocycles. The Morgan fingerprint density at radius 1 is 1.47 bits per heavy atom. The summed E-state index contributed by atoms with van der Waals surface area (Å²) in [5.74, 6) is 0.766. The van der Waals surface area contributed by atoms with Crippen molar-refractivity contribution in [1.29, 1.82) is 0 Å². The predicted octanol–water partition coefficient (Wildman–Crippen LogP) is -0.516. The first-order valence-corrected chi connectivity index (χ1v) is 5.24. The summed E-state index contributed by atoms with van der Waals surface area (Å²) in [7, 11) is 0. The molecule has 1 aromatic heterocycles. The number of hydrogen-bond acceptors (Lipinski definition) is 4. The van der Waals surface area contributed by atoms with Gasteiger partial charge in [-0.3, -0.25) is 9.69 Å². The summed E-state index contributed by atoms with van der Waals surface area (Å²) in [5, 5.41) is 3.29. The quantitative estimate of drug-likeness (QED) is 0.687. The zero-order valence-corrected chi connectivity index (χ0v) is 8.92. The van der Waals surface area contributed by atoms with Crippen molar-refractivity contribution in [3.05, 3.63) is 27.9 Å². The van der Waals surface area contributed by atoms with Crippen LogP contribution in [0.3, 0.4) is 0 Å². The van der Waals surface area contributed by atoms with Crippen LogP contribution < -0.4 is 10.9 Å². The van der Waals surface area contributed by atoms with Crippen molar-refractivity contribution in [3.63, 3.8) is 0 Å². The van der Waals surface area contributed by atoms with Crippen molar-refractivity contribution >= 4 is 0 Å². The van der Waals surface area contributed by atoms with E-state index in [0.717, 1.165) is 44.2 Å². The Morgan fingerprint density at radius 2 is 2.20 bits per heavy atom. The van der Waals surface area contributed by atoms with Crippen LogP contribution >= 0.6 is 0 Å². The van der Waals surface area contributed by atoms with Crippen LogP contribution in [0.1, 0.15) is 11.5 Å². The maximum atomic E-state index is 11.2. The van der Waals surface area contributed by atoms with Crippen LogP contribution in [0.2, 0.25) is 0 Å². The van der Waals surface area contributed by atoms with Gasteiger partial charge in [0.15, 0.2) is 0 Å². The molecule has 82 valence electrons. The lowest BCUT2D eigenvalue weighted by Gasteiger charge is -2.26. The maximum absolute atomic E-state index is 11.2. The number of piperazine rings is 1. The summed E-state index contributed by atoms with van der Waals surface area (Å²) < 4.78 is 0. The number of aryl methyl sites for hydroxylation is 1. The molecule has 0 amide bonds. The highest BCUT2D eigenvalue weighted by atomic mass is 16.1. The summed E-state index contributed by atoms with van der Waals surface area (Å²) in [6.07, 6.45) is 0. The van der Waals surface area contributed by atoms with E-state index in [0.29, 0.717) is 0 Å². The summed E-state index contributed by atoms with van der Waals surface area (Å²) in [4.78, 5) is 20.6. The van der Waals surface area contributed by atoms with E-state index in [1.807, 2.05) is 6.92 Å². The van der Waals surface area contributed by atoms with E-state index in [1.165, 1.54) is 6.07 Å². The molecule has 2 rings (SSSR count). The average Bonchev–Trinajstić information content (AvgIpc) is 2.17. The lowest BCUT2D eigenvalue weighted by molar-refractivity contribution is 0.227. The molecule has 0 atom stereocenters. The van der Waals surface area contributed by atoms with E-state index in [-0.39, 0.29) is 5.56 Å². The second kappa shape index (κ2) is 4.55. The molecule has 0 radical (unpaired) electrons. The van der Waals surface area contributed by atoms with Crippen LogP contribution in [0.15, 0.2) is 10.9 Å². The van der Waals surface area contributed by atoms with Crippen LogP contribution in [-0.4, -0.2) is 41.0 Å². The van der Waals surface area contributed by atoms with Crippen molar-refractivity contribution < 1.29 is 0 Å². The molecule has 5 nitrogen and oxygen atoms in total. The zero-order chi connectivity index (χ0) is 10.7. The lowest BCUT2D eigenvalue weighted by Crippen LogP contribution is -2.43. The predicted molar refractivity (Wildman–Crippen MR) is 57.7 cm³/mol. The van der Waals surface area contributed by atoms with Crippen molar-refractivity contribution in [3.8, 4) is 0 Å². The molecule has 1 aromatic rings. The summed E-state index contributed by atoms with van der Waals surface area (Å²) >= 11 is 0. The van der Waals surface area contributed by atoms with E-state index >= 15 is 0 Å². The fourth-order valence-corrected chi connectivity index (χ4v) is 1.80. The third-order valence-corrected chi connectivity index (χ3v) is 2.50. The van der Waals surface area contributed by atoms with Crippen molar-refractivity contribution in [2.24, 2.45) is 0 Å². The zero-order valence-electron chi connectivity index (χ0n) is 8.92. The summed E-state index contributed by atoms with van der Waals surface area (Å²) in [6, 6.07) is 1.52. The molecule has 1 aliphatic rings. The molecule has 0 spiro atoms. The van der Waals surface area contributed by atoms with E-state index < -0.39 is 0 Å². The summed E-state index contributed by atoms with van der Waals surface area (Å²) in [6.45, 7) is 6.62. The second-order valence-corrected chi connectivity index (χ2v) is 3.86. The van der Waals surface area contributed by atoms with Gasteiger partial charge in [-0.05, 0) is 6.92 Å². The lowest BCUT2D eigenvalue weighted by atomic mass is 10.3. The monoisotopic (exact) mass is 208 g/mol. The van der Waals surface area contributed by atoms with E-state index in [9.17, 15) is 4.79 Å². The highest BCUT2D eigenvalue weighted by molar-refractivity contribution is 5.00. The largest absolute Gasteiger partial charge is 0.314 e. The van der Waals surface area contributed by atoms with Gasteiger partial charge in [-0.15, -0.1) is 0 Å². The number of aromatic amines is 1. The Labute approximate surface area is 88.5 Å². The van der Waals surface area contributed by atoms with Gasteiger partial charge in [-0.1, -0.05) is 0 Å². The van der Waals surface area contributed by atoms with Gasteiger partial charge < -0.3 is 10.3 Å². The van der Waals surface area contributed by atoms with Crippen LogP contribution in [0.5, 0.6) is 0 Å². The van der Waals surface area contributed by atoms with Gasteiger partial charge in [0.1, 0.15) is 5.82 Å². The first-order chi connectivity index (χ1) is 7.24. The number of rotatable bonds is 2. The molecule has 1 aliphatic heterocycles. The first-order valence-electron chi connectivity index (χ1n) is 5.24. The molecule has 15 heavy (non-hydrogen) atoms. The molecule has 1 fully saturated rings. The van der Waals surface area contributed by atoms with E-state index in [4.69, 9.17) is 0 Å². The van der Waals surface area contributed by atoms with Gasteiger partial charge >= 0.3 is 0 Å². The second-order valence-electron chi connectivity index (χ2n) is 3.86. The highest BCUT2D eigenvalue weighted by Gasteiger charge is 2.10. The standard InChI is InChI=1S/C10H16N4O/c1-8-6-10(15)13-9(12-8)7-14-4-2-11-3-5-14/h6,11H,2-5,7H2,1H3,(H,12,13,15). The van der Waals surface area contributed by atoms with Crippen LogP contribution in [-0.2, 0) is 6.54 Å². The van der Waals surface area contributed by atoms with Crippen LogP contribution in [0.4, 0.5) is 0 Å². The van der Waals surface area contributed by atoms with Gasteiger partial charge in [-0.25, -0.2) is 4.98 Å². The van der Waals surface area contributed by atoms with Gasteiger partial charge in [0.05, 0.1) is 6.54 Å². The third-order valence-electron chi connectivity index (χ3n) is 2.50. The minimum atomic E-state index is -0.0624. The fourth-order valence-electron chi connectivity index (χ4n) is 1.80. The molecule has 0 unspecified atom stereocenters. The molecule has 0 bridgehead atoms. The number of hydrogen-bond donors (Lipinski definition) is 2. The minimum absolute atomic E-state index is 0.0624. The van der Waals surface area contributed by atoms with Crippen LogP contribution in [0.25, 0.3) is 0 Å². The fraction of sp³-hybridized carbons (Fsp3) is 0.600. The number of nitrogens with one attached hydrogen (secondary N) is 2. The molecule has 0 aliphatic carbocycles. The molecule has 5 heteroatoms. The molecule has 2 heterocycles. The smallest absolute Gasteiger partial charge is 0.251 e. The maximum Gasteiger partial charge on any atom is 0.251 e. The minimum Gasteiger partial charge on any atom is -0.314 e. The molecule has 1 saturated heterocycles. The van der Waals surface area contributed by atoms with E-state index in [1.54, 1.807) is 0 Å². The molecule has 2 N–H and O–H groups in total. The summed E-state index contributed by atoms with van der Waals surface area (Å²) in [5.41, 5.74) is 0.719. The van der Waals surface area contributed by atoms with Crippen molar-refractivity contribution in [2.75, 3.05) is 26.2 Å². The van der Waals surface area contributed by atoms with Gasteiger partial charge in [0, 0.05) is 37.9 Å². The van der Waals surface area contributed by atoms with Crippen molar-refractivity contribution in [2.45, 2.75) is 13.5 Å². The SMILES string of the molecule is Cc1cc(=O)[nH]c(CN2CCNCC2)n1. The number of H-pyrrole nitrogens is 1. The first kappa shape index (κ1) is 10.3. The van der Waals surface area contributed by atoms with Gasteiger partial charge in [0.2, 0.25) is 0 Å². The van der Waals surface area contributed by atoms with Crippen LogP contribution in [0, 0.1) is 6.92 Å². The Hall–Kier alpha value is -1.20. The Kier molecular flexibility index (Phi) is 3.13. The average molecular weight is 208 g/mol. The number of nitrogens with zero attached hydrogens (tertiary/aromatic N) is 2. The Bertz CT molecular complexity index is 381. The normalized spacial score (nSPS) is 17.9.